The molecule has 0 saturated carbocycles. The average molecular weight is 326 g/mol. The van der Waals surface area contributed by atoms with Crippen LogP contribution in [0.4, 0.5) is 0 Å². The summed E-state index contributed by atoms with van der Waals surface area (Å²) in [5.74, 6) is 0.477. The number of guanidine groups is 1. The lowest BCUT2D eigenvalue weighted by molar-refractivity contribution is -0.782. The summed E-state index contributed by atoms with van der Waals surface area (Å²) in [6, 6.07) is 12.4. The maximum absolute atomic E-state index is 11.4. The molecule has 2 aromatic carbocycles. The number of fused-ring (bicyclic) bond motifs is 1. The first-order chi connectivity index (χ1) is 11.6. The molecule has 3 aromatic rings. The van der Waals surface area contributed by atoms with Crippen molar-refractivity contribution in [2.24, 2.45) is 21.7 Å². The van der Waals surface area contributed by atoms with Crippen molar-refractivity contribution in [1.29, 1.82) is 0 Å². The first-order valence-electron chi connectivity index (χ1n) is 6.95. The monoisotopic (exact) mass is 326 g/mol. The maximum Gasteiger partial charge on any atom is 0.248 e. The molecule has 3 rings (SSSR count). The van der Waals surface area contributed by atoms with Crippen LogP contribution in [0, 0.1) is 5.21 Å². The van der Waals surface area contributed by atoms with E-state index in [1.807, 2.05) is 18.2 Å². The highest BCUT2D eigenvalue weighted by Gasteiger charge is 2.10. The third-order valence-corrected chi connectivity index (χ3v) is 3.13. The highest BCUT2D eigenvalue weighted by Crippen LogP contribution is 2.18. The second-order valence-electron chi connectivity index (χ2n) is 4.85. The van der Waals surface area contributed by atoms with E-state index in [0.29, 0.717) is 27.2 Å². The van der Waals surface area contributed by atoms with Crippen molar-refractivity contribution in [3.8, 4) is 5.75 Å². The molecule has 4 N–H and O–H groups in total. The molecule has 0 amide bonds. The number of para-hydroxylation sites is 1. The molecule has 9 nitrogen and oxygen atoms in total. The van der Waals surface area contributed by atoms with Gasteiger partial charge in [0.1, 0.15) is 12.4 Å². The lowest BCUT2D eigenvalue weighted by Gasteiger charge is -2.08. The molecule has 0 fully saturated rings. The van der Waals surface area contributed by atoms with Crippen LogP contribution in [-0.2, 0) is 6.61 Å². The number of aromatic nitrogens is 2. The highest BCUT2D eigenvalue weighted by molar-refractivity contribution is 5.84. The van der Waals surface area contributed by atoms with Gasteiger partial charge in [-0.15, -0.1) is 5.10 Å². The summed E-state index contributed by atoms with van der Waals surface area (Å²) in [7, 11) is 0. The van der Waals surface area contributed by atoms with Gasteiger partial charge < -0.3 is 21.4 Å². The smallest absolute Gasteiger partial charge is 0.248 e. The Morgan fingerprint density at radius 2 is 2.12 bits per heavy atom. The van der Waals surface area contributed by atoms with Gasteiger partial charge >= 0.3 is 0 Å². The van der Waals surface area contributed by atoms with Gasteiger partial charge in [0, 0.05) is 16.8 Å². The van der Waals surface area contributed by atoms with Crippen LogP contribution in [0.5, 0.6) is 5.75 Å². The second kappa shape index (κ2) is 6.65. The minimum Gasteiger partial charge on any atom is -0.488 e. The van der Waals surface area contributed by atoms with Crippen LogP contribution < -0.4 is 21.1 Å². The predicted molar refractivity (Wildman–Crippen MR) is 87.1 cm³/mol. The number of nitrogens with zero attached hydrogens (tertiary/aromatic N) is 4. The molecule has 24 heavy (non-hydrogen) atoms. The zero-order valence-corrected chi connectivity index (χ0v) is 12.5. The number of benzene rings is 2. The Kier molecular flexibility index (Phi) is 4.23. The van der Waals surface area contributed by atoms with Crippen molar-refractivity contribution in [1.82, 2.24) is 5.16 Å². The quantitative estimate of drug-likeness (QED) is 0.305. The summed E-state index contributed by atoms with van der Waals surface area (Å²) in [4.78, 5) is 0.356. The van der Waals surface area contributed by atoms with E-state index in [9.17, 15) is 5.21 Å². The van der Waals surface area contributed by atoms with Crippen molar-refractivity contribution in [3.63, 3.8) is 0 Å². The molecule has 1 aromatic heterocycles. The fourth-order valence-electron chi connectivity index (χ4n) is 2.04. The van der Waals surface area contributed by atoms with Gasteiger partial charge in [-0.1, -0.05) is 18.2 Å². The molecular weight excluding hydrogens is 312 g/mol. The van der Waals surface area contributed by atoms with Crippen molar-refractivity contribution in [3.05, 3.63) is 58.8 Å². The van der Waals surface area contributed by atoms with Crippen molar-refractivity contribution in [2.75, 3.05) is 0 Å². The van der Waals surface area contributed by atoms with E-state index in [4.69, 9.17) is 16.2 Å². The van der Waals surface area contributed by atoms with Crippen LogP contribution in [0.15, 0.2) is 57.3 Å². The molecule has 0 aliphatic heterocycles. The van der Waals surface area contributed by atoms with E-state index in [1.165, 1.54) is 6.21 Å². The van der Waals surface area contributed by atoms with Crippen LogP contribution in [0.2, 0.25) is 0 Å². The minimum absolute atomic E-state index is 0.127. The first-order valence-corrected chi connectivity index (χ1v) is 6.95. The van der Waals surface area contributed by atoms with E-state index >= 15 is 0 Å². The van der Waals surface area contributed by atoms with Gasteiger partial charge in [-0.2, -0.15) is 5.10 Å². The summed E-state index contributed by atoms with van der Waals surface area (Å²) in [6.07, 6.45) is 1.49. The molecule has 0 atom stereocenters. The number of hydrogen-bond donors (Lipinski definition) is 2. The Balaban J connectivity index is 1.77. The summed E-state index contributed by atoms with van der Waals surface area (Å²) >= 11 is 0. The zero-order valence-electron chi connectivity index (χ0n) is 12.5. The van der Waals surface area contributed by atoms with Gasteiger partial charge in [0.15, 0.2) is 0 Å². The van der Waals surface area contributed by atoms with Crippen molar-refractivity contribution < 1.29 is 14.3 Å². The van der Waals surface area contributed by atoms with Crippen LogP contribution in [0.25, 0.3) is 11.0 Å². The lowest BCUT2D eigenvalue weighted by atomic mass is 10.2. The van der Waals surface area contributed by atoms with Crippen LogP contribution in [0.1, 0.15) is 11.1 Å². The van der Waals surface area contributed by atoms with E-state index in [-0.39, 0.29) is 12.6 Å². The van der Waals surface area contributed by atoms with Gasteiger partial charge in [-0.3, -0.25) is 4.63 Å². The molecule has 0 spiro atoms. The van der Waals surface area contributed by atoms with Crippen LogP contribution >= 0.6 is 0 Å². The number of nitrogens with two attached hydrogens (primary N) is 2. The number of hydrogen-bond acceptors (Lipinski definition) is 6. The standard InChI is InChI=1S/C15H14N6O3/c16-15(17)19-18-8-11-3-1-2-4-14(11)23-9-10-5-6-12-13(7-10)21(22)24-20-12/h1-8H,9H2,(H4,16,17,19)/b18-8-. The van der Waals surface area contributed by atoms with Gasteiger partial charge in [-0.25, -0.2) is 0 Å². The maximum atomic E-state index is 11.4. The Morgan fingerprint density at radius 1 is 1.29 bits per heavy atom. The fourth-order valence-corrected chi connectivity index (χ4v) is 2.04. The van der Waals surface area contributed by atoms with Crippen molar-refractivity contribution >= 4 is 23.2 Å². The molecule has 0 aliphatic carbocycles. The molecule has 0 saturated heterocycles. The largest absolute Gasteiger partial charge is 0.488 e. The molecule has 0 unspecified atom stereocenters. The highest BCUT2D eigenvalue weighted by atomic mass is 16.8. The normalized spacial score (nSPS) is 11.0. The van der Waals surface area contributed by atoms with Gasteiger partial charge in [0.05, 0.1) is 6.21 Å². The fraction of sp³-hybridized carbons (Fsp3) is 0.0667. The number of ether oxygens (including phenoxy) is 1. The van der Waals surface area contributed by atoms with E-state index in [2.05, 4.69) is 20.0 Å². The van der Waals surface area contributed by atoms with Gasteiger partial charge in [0.25, 0.3) is 0 Å². The Morgan fingerprint density at radius 3 is 2.96 bits per heavy atom. The molecule has 0 aliphatic rings. The van der Waals surface area contributed by atoms with Gasteiger partial charge in [-0.05, 0) is 28.7 Å². The molecular formula is C15H14N6O3. The average Bonchev–Trinajstić information content (AvgIpc) is 2.94. The predicted octanol–water partition coefficient (Wildman–Crippen LogP) is 0.647. The van der Waals surface area contributed by atoms with E-state index < -0.39 is 0 Å². The topological polar surface area (TPSA) is 139 Å². The van der Waals surface area contributed by atoms with Crippen LogP contribution in [0.3, 0.4) is 0 Å². The Hall–Kier alpha value is -3.62. The van der Waals surface area contributed by atoms with Crippen molar-refractivity contribution in [2.45, 2.75) is 6.61 Å². The van der Waals surface area contributed by atoms with Crippen LogP contribution in [-0.4, -0.2) is 17.3 Å². The zero-order chi connectivity index (χ0) is 16.9. The molecule has 0 radical (unpaired) electrons. The minimum atomic E-state index is -0.127. The lowest BCUT2D eigenvalue weighted by Crippen LogP contribution is -2.22. The summed E-state index contributed by atoms with van der Waals surface area (Å²) in [5.41, 5.74) is 12.8. The van der Waals surface area contributed by atoms with E-state index in [1.54, 1.807) is 24.3 Å². The first kappa shape index (κ1) is 15.3. The third kappa shape index (κ3) is 3.40. The molecule has 9 heteroatoms. The summed E-state index contributed by atoms with van der Waals surface area (Å²) < 4.78 is 10.3. The van der Waals surface area contributed by atoms with Gasteiger partial charge in [0.2, 0.25) is 17.0 Å². The van der Waals surface area contributed by atoms with E-state index in [0.717, 1.165) is 5.56 Å². The number of rotatable bonds is 5. The summed E-state index contributed by atoms with van der Waals surface area (Å²) in [5, 5.41) is 22.4. The molecule has 1 heterocycles. The second-order valence-corrected chi connectivity index (χ2v) is 4.85. The molecule has 122 valence electrons. The Bertz CT molecular complexity index is 914. The summed E-state index contributed by atoms with van der Waals surface area (Å²) in [6.45, 7) is 0.258. The molecule has 0 bridgehead atoms. The Labute approximate surface area is 136 Å². The SMILES string of the molecule is NC(N)=N/N=C\c1ccccc1OCc1ccc2no[n+]([O-])c2c1. The third-order valence-electron chi connectivity index (χ3n) is 3.13.